The fourth-order valence-electron chi connectivity index (χ4n) is 3.74. The number of aromatic nitrogens is 4. The number of pyridine rings is 3. The topological polar surface area (TPSA) is 105 Å². The molecule has 0 aliphatic heterocycles. The van der Waals surface area contributed by atoms with Crippen LogP contribution in [0.1, 0.15) is 48.5 Å². The van der Waals surface area contributed by atoms with Crippen molar-refractivity contribution < 1.29 is 4.79 Å². The van der Waals surface area contributed by atoms with Crippen LogP contribution < -0.4 is 16.4 Å². The zero-order valence-electron chi connectivity index (χ0n) is 18.0. The summed E-state index contributed by atoms with van der Waals surface area (Å²) in [5, 5.41) is 12.0. The third-order valence-corrected chi connectivity index (χ3v) is 5.44. The van der Waals surface area contributed by atoms with E-state index in [2.05, 4.69) is 22.2 Å². The largest absolute Gasteiger partial charge is 0.352 e. The molecule has 32 heavy (non-hydrogen) atoms. The first-order chi connectivity index (χ1) is 15.6. The quantitative estimate of drug-likeness (QED) is 0.331. The van der Waals surface area contributed by atoms with E-state index in [0.717, 1.165) is 31.2 Å². The first-order valence-corrected chi connectivity index (χ1v) is 10.9. The number of amides is 1. The average Bonchev–Trinajstić information content (AvgIpc) is 2.81. The maximum absolute atomic E-state index is 13.2. The number of nitrogens with one attached hydrogen (secondary N) is 2. The second-order valence-corrected chi connectivity index (χ2v) is 7.75. The van der Waals surface area contributed by atoms with Crippen molar-refractivity contribution in [1.29, 1.82) is 5.41 Å². The molecule has 0 aliphatic rings. The van der Waals surface area contributed by atoms with E-state index in [9.17, 15) is 9.59 Å². The van der Waals surface area contributed by atoms with Crippen LogP contribution >= 0.6 is 0 Å². The number of hydrogen-bond acceptors (Lipinski definition) is 5. The molecule has 4 heterocycles. The van der Waals surface area contributed by atoms with E-state index in [0.29, 0.717) is 23.2 Å². The number of nitrogens with zero attached hydrogens (tertiary/aromatic N) is 4. The van der Waals surface area contributed by atoms with Crippen molar-refractivity contribution in [2.24, 2.45) is 0 Å². The molecule has 4 rings (SSSR count). The SMILES string of the molecule is CCCCCCNC(=O)c1cc2c(=O)n3ccccc3nc2n(Cc2cccnc2)c1=N. The molecule has 164 valence electrons. The van der Waals surface area contributed by atoms with E-state index in [1.807, 2.05) is 12.1 Å². The first-order valence-electron chi connectivity index (χ1n) is 10.9. The van der Waals surface area contributed by atoms with Gasteiger partial charge in [0.1, 0.15) is 16.8 Å². The second-order valence-electron chi connectivity index (χ2n) is 7.75. The summed E-state index contributed by atoms with van der Waals surface area (Å²) in [6, 6.07) is 10.5. The molecule has 0 bridgehead atoms. The molecule has 1 amide bonds. The zero-order chi connectivity index (χ0) is 22.5. The highest BCUT2D eigenvalue weighted by atomic mass is 16.1. The third kappa shape index (κ3) is 4.30. The number of rotatable bonds is 8. The minimum Gasteiger partial charge on any atom is -0.352 e. The van der Waals surface area contributed by atoms with E-state index < -0.39 is 0 Å². The lowest BCUT2D eigenvalue weighted by atomic mass is 10.1. The Balaban J connectivity index is 1.84. The lowest BCUT2D eigenvalue weighted by Crippen LogP contribution is -2.35. The van der Waals surface area contributed by atoms with Crippen molar-refractivity contribution in [3.8, 4) is 0 Å². The van der Waals surface area contributed by atoms with Gasteiger partial charge in [0, 0.05) is 25.1 Å². The highest BCUT2D eigenvalue weighted by Gasteiger charge is 2.17. The monoisotopic (exact) mass is 430 g/mol. The summed E-state index contributed by atoms with van der Waals surface area (Å²) in [6.07, 6.45) is 9.19. The van der Waals surface area contributed by atoms with Gasteiger partial charge in [-0.15, -0.1) is 0 Å². The van der Waals surface area contributed by atoms with Crippen molar-refractivity contribution >= 4 is 22.6 Å². The van der Waals surface area contributed by atoms with Crippen LogP contribution in [0, 0.1) is 5.41 Å². The van der Waals surface area contributed by atoms with Crippen LogP contribution in [-0.4, -0.2) is 31.4 Å². The predicted octanol–water partition coefficient (Wildman–Crippen LogP) is 2.88. The molecule has 4 aromatic heterocycles. The van der Waals surface area contributed by atoms with Crippen molar-refractivity contribution in [3.05, 3.63) is 82.0 Å². The molecular formula is C24H26N6O2. The molecule has 0 fully saturated rings. The Kier molecular flexibility index (Phi) is 6.39. The molecule has 0 saturated carbocycles. The van der Waals surface area contributed by atoms with Crippen LogP contribution in [-0.2, 0) is 6.54 Å². The lowest BCUT2D eigenvalue weighted by Gasteiger charge is -2.15. The Bertz CT molecular complexity index is 1370. The minimum atomic E-state index is -0.356. The van der Waals surface area contributed by atoms with E-state index >= 15 is 0 Å². The van der Waals surface area contributed by atoms with Gasteiger partial charge in [-0.25, -0.2) is 4.98 Å². The highest BCUT2D eigenvalue weighted by Crippen LogP contribution is 2.12. The van der Waals surface area contributed by atoms with E-state index in [1.54, 1.807) is 41.4 Å². The summed E-state index contributed by atoms with van der Waals surface area (Å²) in [4.78, 5) is 34.9. The van der Waals surface area contributed by atoms with Crippen LogP contribution in [0.3, 0.4) is 0 Å². The van der Waals surface area contributed by atoms with E-state index in [-0.39, 0.29) is 29.1 Å². The van der Waals surface area contributed by atoms with Crippen LogP contribution in [0.15, 0.2) is 59.8 Å². The van der Waals surface area contributed by atoms with Gasteiger partial charge in [0.05, 0.1) is 17.5 Å². The van der Waals surface area contributed by atoms with Gasteiger partial charge in [-0.1, -0.05) is 38.3 Å². The molecule has 2 N–H and O–H groups in total. The standard InChI is InChI=1S/C24H26N6O2/c1-2-3-4-6-12-27-23(31)18-14-19-22(28-20-10-5-7-13-29(20)24(19)32)30(21(18)25)16-17-9-8-11-26-15-17/h5,7-11,13-15,25H,2-4,6,12,16H2,1H3,(H,27,31). The van der Waals surface area contributed by atoms with Crippen LogP contribution in [0.5, 0.6) is 0 Å². The third-order valence-electron chi connectivity index (χ3n) is 5.44. The van der Waals surface area contributed by atoms with Gasteiger partial charge in [0.15, 0.2) is 0 Å². The Morgan fingerprint density at radius 1 is 1.16 bits per heavy atom. The zero-order valence-corrected chi connectivity index (χ0v) is 18.0. The van der Waals surface area contributed by atoms with E-state index in [4.69, 9.17) is 5.41 Å². The fraction of sp³-hybridized carbons (Fsp3) is 0.292. The molecule has 0 radical (unpaired) electrons. The molecule has 0 saturated heterocycles. The Morgan fingerprint density at radius 3 is 2.81 bits per heavy atom. The highest BCUT2D eigenvalue weighted by molar-refractivity contribution is 5.96. The number of carbonyl (C=O) groups is 1. The molecule has 0 atom stereocenters. The van der Waals surface area contributed by atoms with E-state index in [1.165, 1.54) is 10.5 Å². The average molecular weight is 431 g/mol. The Hall–Kier alpha value is -3.81. The van der Waals surface area contributed by atoms with Crippen molar-refractivity contribution in [3.63, 3.8) is 0 Å². The summed E-state index contributed by atoms with van der Waals surface area (Å²) >= 11 is 0. The van der Waals surface area contributed by atoms with Crippen molar-refractivity contribution in [1.82, 2.24) is 24.3 Å². The van der Waals surface area contributed by atoms with Gasteiger partial charge in [0.2, 0.25) is 0 Å². The van der Waals surface area contributed by atoms with Crippen LogP contribution in [0.2, 0.25) is 0 Å². The predicted molar refractivity (Wildman–Crippen MR) is 123 cm³/mol. The second kappa shape index (κ2) is 9.55. The number of carbonyl (C=O) groups excluding carboxylic acids is 1. The normalized spacial score (nSPS) is 11.2. The van der Waals surface area contributed by atoms with Gasteiger partial charge in [0.25, 0.3) is 11.5 Å². The van der Waals surface area contributed by atoms with Gasteiger partial charge in [-0.2, -0.15) is 0 Å². The molecule has 0 spiro atoms. The fourth-order valence-corrected chi connectivity index (χ4v) is 3.74. The van der Waals surface area contributed by atoms with Gasteiger partial charge < -0.3 is 9.88 Å². The van der Waals surface area contributed by atoms with Crippen molar-refractivity contribution in [2.75, 3.05) is 6.54 Å². The molecular weight excluding hydrogens is 404 g/mol. The Labute approximate surface area is 185 Å². The maximum atomic E-state index is 13.2. The molecule has 0 aromatic carbocycles. The summed E-state index contributed by atoms with van der Waals surface area (Å²) in [6.45, 7) is 2.95. The number of unbranched alkanes of at least 4 members (excludes halogenated alkanes) is 3. The number of hydrogen-bond donors (Lipinski definition) is 2. The smallest absolute Gasteiger partial charge is 0.267 e. The lowest BCUT2D eigenvalue weighted by molar-refractivity contribution is 0.0950. The molecule has 8 nitrogen and oxygen atoms in total. The maximum Gasteiger partial charge on any atom is 0.267 e. The summed E-state index contributed by atoms with van der Waals surface area (Å²) in [5.41, 5.74) is 1.60. The summed E-state index contributed by atoms with van der Waals surface area (Å²) in [7, 11) is 0. The first kappa shape index (κ1) is 21.4. The molecule has 0 unspecified atom stereocenters. The number of fused-ring (bicyclic) bond motifs is 2. The van der Waals surface area contributed by atoms with Crippen molar-refractivity contribution in [2.45, 2.75) is 39.2 Å². The molecule has 8 heteroatoms. The van der Waals surface area contributed by atoms with Gasteiger partial charge >= 0.3 is 0 Å². The van der Waals surface area contributed by atoms with Crippen LogP contribution in [0.25, 0.3) is 16.7 Å². The molecule has 4 aromatic rings. The summed E-state index contributed by atoms with van der Waals surface area (Å²) in [5.74, 6) is -0.356. The Morgan fingerprint density at radius 2 is 2.03 bits per heavy atom. The minimum absolute atomic E-state index is 0.0135. The molecule has 0 aliphatic carbocycles. The van der Waals surface area contributed by atoms with Gasteiger partial charge in [-0.05, 0) is 36.2 Å². The van der Waals surface area contributed by atoms with Gasteiger partial charge in [-0.3, -0.25) is 24.4 Å². The van der Waals surface area contributed by atoms with Crippen LogP contribution in [0.4, 0.5) is 0 Å². The summed E-state index contributed by atoms with van der Waals surface area (Å²) < 4.78 is 3.06.